The summed E-state index contributed by atoms with van der Waals surface area (Å²) < 4.78 is 17.2. The molecule has 1 unspecified atom stereocenters. The Kier molecular flexibility index (Phi) is 5.70. The van der Waals surface area contributed by atoms with Crippen LogP contribution < -0.4 is 0 Å². The first-order valence-electron chi connectivity index (χ1n) is 3.92. The van der Waals surface area contributed by atoms with Gasteiger partial charge in [-0.1, -0.05) is 13.8 Å². The Balaban J connectivity index is 4.06. The van der Waals surface area contributed by atoms with Crippen molar-refractivity contribution in [2.75, 3.05) is 26.3 Å². The summed E-state index contributed by atoms with van der Waals surface area (Å²) in [5.74, 6) is 0. The van der Waals surface area contributed by atoms with Crippen molar-refractivity contribution in [1.29, 1.82) is 0 Å². The summed E-state index contributed by atoms with van der Waals surface area (Å²) in [5.41, 5.74) is 0. The van der Waals surface area contributed by atoms with E-state index in [1.807, 2.05) is 0 Å². The maximum absolute atomic E-state index is 11.3. The molecule has 12 heavy (non-hydrogen) atoms. The molecule has 1 atom stereocenters. The van der Waals surface area contributed by atoms with E-state index in [2.05, 4.69) is 4.52 Å². The van der Waals surface area contributed by atoms with Crippen LogP contribution in [0, 0.1) is 0 Å². The lowest BCUT2D eigenvalue weighted by Gasteiger charge is -2.23. The van der Waals surface area contributed by atoms with Crippen LogP contribution in [0.5, 0.6) is 0 Å². The molecule has 0 rings (SSSR count). The highest BCUT2D eigenvalue weighted by molar-refractivity contribution is 7.50. The highest BCUT2D eigenvalue weighted by atomic mass is 31.2. The van der Waals surface area contributed by atoms with E-state index < -0.39 is 7.75 Å². The van der Waals surface area contributed by atoms with Gasteiger partial charge >= 0.3 is 7.75 Å². The Hall–Kier alpha value is 0.0700. The highest BCUT2D eigenvalue weighted by Gasteiger charge is 2.26. The van der Waals surface area contributed by atoms with Crippen LogP contribution in [0.4, 0.5) is 0 Å². The second-order valence-electron chi connectivity index (χ2n) is 2.19. The molecule has 6 heteroatoms. The van der Waals surface area contributed by atoms with Gasteiger partial charge in [0.1, 0.15) is 0 Å². The molecule has 74 valence electrons. The summed E-state index contributed by atoms with van der Waals surface area (Å²) in [6.07, 6.45) is 0. The summed E-state index contributed by atoms with van der Waals surface area (Å²) >= 11 is 0. The molecule has 0 amide bonds. The van der Waals surface area contributed by atoms with E-state index in [-0.39, 0.29) is 13.2 Å². The summed E-state index contributed by atoms with van der Waals surface area (Å²) in [4.78, 5) is 9.25. The third kappa shape index (κ3) is 3.65. The van der Waals surface area contributed by atoms with Crippen molar-refractivity contribution in [1.82, 2.24) is 4.67 Å². The topological polar surface area (TPSA) is 70.0 Å². The quantitative estimate of drug-likeness (QED) is 0.604. The number of rotatable bonds is 6. The van der Waals surface area contributed by atoms with Gasteiger partial charge in [-0.05, 0) is 0 Å². The molecule has 0 bridgehead atoms. The number of nitrogens with zero attached hydrogens (tertiary/aromatic N) is 1. The lowest BCUT2D eigenvalue weighted by molar-refractivity contribution is 0.158. The average Bonchev–Trinajstić information content (AvgIpc) is 2.03. The third-order valence-corrected chi connectivity index (χ3v) is 3.24. The monoisotopic (exact) mass is 197 g/mol. The molecule has 5 nitrogen and oxygen atoms in total. The Morgan fingerprint density at radius 1 is 1.42 bits per heavy atom. The first kappa shape index (κ1) is 12.1. The molecule has 0 aromatic rings. The Labute approximate surface area is 72.5 Å². The van der Waals surface area contributed by atoms with Crippen molar-refractivity contribution in [3.8, 4) is 0 Å². The molecular weight excluding hydrogens is 181 g/mol. The van der Waals surface area contributed by atoms with Crippen LogP contribution in [0.25, 0.3) is 0 Å². The van der Waals surface area contributed by atoms with Crippen molar-refractivity contribution < 1.29 is 19.1 Å². The van der Waals surface area contributed by atoms with Crippen LogP contribution in [0.15, 0.2) is 0 Å². The van der Waals surface area contributed by atoms with Crippen LogP contribution in [0.1, 0.15) is 13.8 Å². The second kappa shape index (κ2) is 5.67. The Morgan fingerprint density at radius 2 is 1.92 bits per heavy atom. The third-order valence-electron chi connectivity index (χ3n) is 1.44. The van der Waals surface area contributed by atoms with E-state index in [0.29, 0.717) is 13.1 Å². The first-order valence-corrected chi connectivity index (χ1v) is 5.45. The molecule has 0 aromatic carbocycles. The predicted molar refractivity (Wildman–Crippen MR) is 45.8 cm³/mol. The normalized spacial score (nSPS) is 16.4. The zero-order chi connectivity index (χ0) is 9.61. The number of hydrogen-bond donors (Lipinski definition) is 2. The van der Waals surface area contributed by atoms with Crippen molar-refractivity contribution in [2.45, 2.75) is 13.8 Å². The van der Waals surface area contributed by atoms with Crippen LogP contribution in [-0.2, 0) is 9.09 Å². The molecular formula is C6H16NO4P. The molecule has 0 saturated carbocycles. The van der Waals surface area contributed by atoms with Gasteiger partial charge in [0, 0.05) is 13.1 Å². The summed E-state index contributed by atoms with van der Waals surface area (Å²) in [7, 11) is -3.65. The van der Waals surface area contributed by atoms with Crippen LogP contribution in [-0.4, -0.2) is 41.0 Å². The molecule has 0 fully saturated rings. The van der Waals surface area contributed by atoms with Gasteiger partial charge in [0.25, 0.3) is 0 Å². The van der Waals surface area contributed by atoms with E-state index in [0.717, 1.165) is 0 Å². The molecule has 0 spiro atoms. The van der Waals surface area contributed by atoms with Crippen molar-refractivity contribution >= 4 is 7.75 Å². The minimum absolute atomic E-state index is 0.107. The van der Waals surface area contributed by atoms with E-state index in [1.54, 1.807) is 13.8 Å². The van der Waals surface area contributed by atoms with Crippen molar-refractivity contribution in [2.24, 2.45) is 0 Å². The van der Waals surface area contributed by atoms with Gasteiger partial charge in [-0.2, -0.15) is 0 Å². The van der Waals surface area contributed by atoms with Crippen molar-refractivity contribution in [3.63, 3.8) is 0 Å². The molecule has 0 radical (unpaired) electrons. The smallest absolute Gasteiger partial charge is 0.394 e. The lowest BCUT2D eigenvalue weighted by atomic mass is 10.7. The zero-order valence-electron chi connectivity index (χ0n) is 7.43. The Bertz CT molecular complexity index is 160. The molecule has 2 N–H and O–H groups in total. The fourth-order valence-corrected chi connectivity index (χ4v) is 2.02. The molecule has 0 aliphatic heterocycles. The minimum atomic E-state index is -3.65. The highest BCUT2D eigenvalue weighted by Crippen LogP contribution is 2.45. The van der Waals surface area contributed by atoms with Gasteiger partial charge < -0.3 is 10.00 Å². The Morgan fingerprint density at radius 3 is 2.25 bits per heavy atom. The van der Waals surface area contributed by atoms with Gasteiger partial charge in [0.2, 0.25) is 0 Å². The van der Waals surface area contributed by atoms with Crippen LogP contribution >= 0.6 is 7.75 Å². The van der Waals surface area contributed by atoms with E-state index in [1.165, 1.54) is 4.67 Å². The lowest BCUT2D eigenvalue weighted by Crippen LogP contribution is -2.21. The van der Waals surface area contributed by atoms with Gasteiger partial charge in [-0.15, -0.1) is 0 Å². The van der Waals surface area contributed by atoms with Gasteiger partial charge in [-0.3, -0.25) is 4.52 Å². The number of aliphatic hydroxyl groups excluding tert-OH is 1. The standard InChI is InChI=1S/C6H16NO4P/c1-3-7(4-2)12(9,10)11-6-5-8/h8H,3-6H2,1-2H3,(H,9,10). The summed E-state index contributed by atoms with van der Waals surface area (Å²) in [6.45, 7) is 4.10. The maximum Gasteiger partial charge on any atom is 0.405 e. The largest absolute Gasteiger partial charge is 0.405 e. The SMILES string of the molecule is CCN(CC)P(=O)(O)OCCO. The molecule has 0 aliphatic carbocycles. The van der Waals surface area contributed by atoms with Gasteiger partial charge in [0.15, 0.2) is 0 Å². The number of hydrogen-bond acceptors (Lipinski definition) is 3. The first-order chi connectivity index (χ1) is 5.58. The molecule has 0 heterocycles. The van der Waals surface area contributed by atoms with E-state index in [4.69, 9.17) is 5.11 Å². The fourth-order valence-electron chi connectivity index (χ4n) is 0.822. The van der Waals surface area contributed by atoms with Crippen LogP contribution in [0.2, 0.25) is 0 Å². The second-order valence-corrected chi connectivity index (χ2v) is 3.99. The fraction of sp³-hybridized carbons (Fsp3) is 1.00. The predicted octanol–water partition coefficient (Wildman–Crippen LogP) is 0.438. The summed E-state index contributed by atoms with van der Waals surface area (Å²) in [5, 5.41) is 8.38. The zero-order valence-corrected chi connectivity index (χ0v) is 8.33. The van der Waals surface area contributed by atoms with Gasteiger partial charge in [0.05, 0.1) is 13.2 Å². The molecule has 0 saturated heterocycles. The average molecular weight is 197 g/mol. The van der Waals surface area contributed by atoms with Crippen LogP contribution in [0.3, 0.4) is 0 Å². The van der Waals surface area contributed by atoms with Gasteiger partial charge in [-0.25, -0.2) is 9.24 Å². The molecule has 0 aliphatic rings. The number of aliphatic hydroxyl groups is 1. The van der Waals surface area contributed by atoms with E-state index in [9.17, 15) is 9.46 Å². The molecule has 0 aromatic heterocycles. The van der Waals surface area contributed by atoms with E-state index >= 15 is 0 Å². The maximum atomic E-state index is 11.3. The van der Waals surface area contributed by atoms with Crippen molar-refractivity contribution in [3.05, 3.63) is 0 Å². The summed E-state index contributed by atoms with van der Waals surface area (Å²) in [6, 6.07) is 0. The minimum Gasteiger partial charge on any atom is -0.394 e.